The Labute approximate surface area is 288 Å². The van der Waals surface area contributed by atoms with Crippen LogP contribution in [-0.2, 0) is 0 Å². The van der Waals surface area contributed by atoms with Crippen molar-refractivity contribution < 1.29 is 0 Å². The van der Waals surface area contributed by atoms with Crippen LogP contribution in [0.2, 0.25) is 0 Å². The van der Waals surface area contributed by atoms with Crippen molar-refractivity contribution in [1.82, 2.24) is 9.13 Å². The molecule has 7 aromatic carbocycles. The van der Waals surface area contributed by atoms with Crippen molar-refractivity contribution in [3.8, 4) is 39.7 Å². The molecule has 50 heavy (non-hydrogen) atoms. The SMILES string of the molecule is [C-]#[N+]c1cccc(-c2cccc(-n3c4ccccc4c4cc([N+]#[C-])ccc43)c2-c2ccccc2-n2c3ccccc3c3cc(C#N)ccc32)c1. The van der Waals surface area contributed by atoms with Gasteiger partial charge in [0.15, 0.2) is 11.4 Å². The molecule has 0 fully saturated rings. The summed E-state index contributed by atoms with van der Waals surface area (Å²) in [5, 5.41) is 14.0. The van der Waals surface area contributed by atoms with Crippen LogP contribution in [0.1, 0.15) is 5.56 Å². The van der Waals surface area contributed by atoms with Crippen molar-refractivity contribution in [3.63, 3.8) is 0 Å². The van der Waals surface area contributed by atoms with Crippen LogP contribution in [0.5, 0.6) is 0 Å². The highest BCUT2D eigenvalue weighted by atomic mass is 15.0. The minimum Gasteiger partial charge on any atom is -0.309 e. The van der Waals surface area contributed by atoms with Crippen LogP contribution in [0.15, 0.2) is 152 Å². The first-order valence-corrected chi connectivity index (χ1v) is 16.2. The second-order valence-electron chi connectivity index (χ2n) is 12.2. The molecule has 0 aliphatic heterocycles. The van der Waals surface area contributed by atoms with Gasteiger partial charge in [0, 0.05) is 27.3 Å². The molecule has 0 amide bonds. The van der Waals surface area contributed by atoms with Gasteiger partial charge in [0.1, 0.15) is 0 Å². The van der Waals surface area contributed by atoms with Crippen molar-refractivity contribution in [2.24, 2.45) is 0 Å². The third-order valence-electron chi connectivity index (χ3n) is 9.57. The van der Waals surface area contributed by atoms with E-state index in [0.29, 0.717) is 16.9 Å². The molecule has 0 aliphatic carbocycles. The maximum atomic E-state index is 9.77. The van der Waals surface area contributed by atoms with E-state index < -0.39 is 0 Å². The number of hydrogen-bond acceptors (Lipinski definition) is 1. The number of rotatable bonds is 4. The van der Waals surface area contributed by atoms with Gasteiger partial charge in [-0.05, 0) is 77.2 Å². The molecular weight excluding hydrogens is 611 g/mol. The van der Waals surface area contributed by atoms with E-state index in [4.69, 9.17) is 13.1 Å². The van der Waals surface area contributed by atoms with Gasteiger partial charge in [0.25, 0.3) is 0 Å². The summed E-state index contributed by atoms with van der Waals surface area (Å²) in [6.45, 7) is 15.5. The Balaban J connectivity index is 1.44. The molecule has 0 N–H and O–H groups in total. The third-order valence-corrected chi connectivity index (χ3v) is 9.57. The maximum absolute atomic E-state index is 9.77. The lowest BCUT2D eigenvalue weighted by molar-refractivity contribution is 1.16. The Morgan fingerprint density at radius 2 is 1.02 bits per heavy atom. The number of nitrogens with zero attached hydrogens (tertiary/aromatic N) is 5. The Morgan fingerprint density at radius 3 is 1.76 bits per heavy atom. The fourth-order valence-electron chi connectivity index (χ4n) is 7.47. The van der Waals surface area contributed by atoms with Gasteiger partial charge >= 0.3 is 0 Å². The number of benzene rings is 7. The number of hydrogen-bond donors (Lipinski definition) is 0. The summed E-state index contributed by atoms with van der Waals surface area (Å²) in [7, 11) is 0. The molecule has 0 bridgehead atoms. The number of fused-ring (bicyclic) bond motifs is 6. The van der Waals surface area contributed by atoms with Gasteiger partial charge in [-0.2, -0.15) is 5.26 Å². The lowest BCUT2D eigenvalue weighted by Gasteiger charge is -2.22. The van der Waals surface area contributed by atoms with Crippen LogP contribution >= 0.6 is 0 Å². The molecule has 0 saturated carbocycles. The van der Waals surface area contributed by atoms with Crippen LogP contribution in [0.25, 0.3) is 86.9 Å². The third kappa shape index (κ3) is 4.31. The highest BCUT2D eigenvalue weighted by Gasteiger charge is 2.23. The summed E-state index contributed by atoms with van der Waals surface area (Å²) in [6.07, 6.45) is 0. The van der Waals surface area contributed by atoms with E-state index in [-0.39, 0.29) is 0 Å². The van der Waals surface area contributed by atoms with Crippen LogP contribution < -0.4 is 0 Å². The molecule has 2 heterocycles. The van der Waals surface area contributed by atoms with Gasteiger partial charge in [-0.15, -0.1) is 0 Å². The monoisotopic (exact) mass is 635 g/mol. The smallest absolute Gasteiger partial charge is 0.188 e. The van der Waals surface area contributed by atoms with E-state index in [9.17, 15) is 5.26 Å². The standard InChI is InChI=1S/C45H25N5/c1-47-31-12-9-11-30(26-31)33-16-10-20-44(50-40-18-7-4-14-35(40)38-27-32(48-2)22-24-43(38)50)45(33)36-15-5-8-19-41(36)49-39-17-6-3-13-34(39)37-25-29(28-46)21-23-42(37)49/h3-27H. The van der Waals surface area contributed by atoms with Crippen molar-refractivity contribution in [3.05, 3.63) is 180 Å². The molecule has 9 rings (SSSR count). The molecular formula is C45H25N5. The zero-order valence-corrected chi connectivity index (χ0v) is 26.7. The minimum atomic E-state index is 0.575. The Hall–Kier alpha value is -7.39. The molecule has 0 spiro atoms. The Bertz CT molecular complexity index is 2970. The molecule has 0 unspecified atom stereocenters. The van der Waals surface area contributed by atoms with Crippen molar-refractivity contribution in [1.29, 1.82) is 5.26 Å². The highest BCUT2D eigenvalue weighted by Crippen LogP contribution is 2.45. The molecule has 0 atom stereocenters. The van der Waals surface area contributed by atoms with E-state index in [0.717, 1.165) is 77.2 Å². The molecule has 2 aromatic heterocycles. The predicted octanol–water partition coefficient (Wildman–Crippen LogP) is 12.2. The van der Waals surface area contributed by atoms with Crippen LogP contribution in [-0.4, -0.2) is 9.13 Å². The fourth-order valence-corrected chi connectivity index (χ4v) is 7.47. The second kappa shape index (κ2) is 11.4. The second-order valence-corrected chi connectivity index (χ2v) is 12.2. The van der Waals surface area contributed by atoms with Gasteiger partial charge in [-0.1, -0.05) is 91.0 Å². The van der Waals surface area contributed by atoms with Crippen molar-refractivity contribution in [2.75, 3.05) is 0 Å². The fraction of sp³-hybridized carbons (Fsp3) is 0. The number of nitriles is 1. The predicted molar refractivity (Wildman–Crippen MR) is 203 cm³/mol. The summed E-state index contributed by atoms with van der Waals surface area (Å²) in [5.74, 6) is 0. The maximum Gasteiger partial charge on any atom is 0.188 e. The summed E-state index contributed by atoms with van der Waals surface area (Å²) in [4.78, 5) is 7.51. The zero-order chi connectivity index (χ0) is 33.8. The van der Waals surface area contributed by atoms with E-state index in [1.807, 2.05) is 66.7 Å². The lowest BCUT2D eigenvalue weighted by Crippen LogP contribution is -2.03. The molecule has 0 radical (unpaired) electrons. The van der Waals surface area contributed by atoms with Crippen molar-refractivity contribution >= 4 is 55.0 Å². The van der Waals surface area contributed by atoms with E-state index >= 15 is 0 Å². The Morgan fingerprint density at radius 1 is 0.460 bits per heavy atom. The topological polar surface area (TPSA) is 42.4 Å². The van der Waals surface area contributed by atoms with Gasteiger partial charge in [-0.25, -0.2) is 9.69 Å². The summed E-state index contributed by atoms with van der Waals surface area (Å²) in [6, 6.07) is 53.4. The van der Waals surface area contributed by atoms with E-state index in [2.05, 4.69) is 110 Å². The molecule has 9 aromatic rings. The van der Waals surface area contributed by atoms with Gasteiger partial charge < -0.3 is 9.13 Å². The van der Waals surface area contributed by atoms with Crippen LogP contribution in [0.4, 0.5) is 11.4 Å². The van der Waals surface area contributed by atoms with Gasteiger partial charge in [0.2, 0.25) is 0 Å². The zero-order valence-electron chi connectivity index (χ0n) is 26.7. The summed E-state index contributed by atoms with van der Waals surface area (Å²) < 4.78 is 4.60. The normalized spacial score (nSPS) is 11.1. The van der Waals surface area contributed by atoms with Crippen molar-refractivity contribution in [2.45, 2.75) is 0 Å². The molecule has 0 aliphatic rings. The van der Waals surface area contributed by atoms with Gasteiger partial charge in [-0.3, -0.25) is 0 Å². The largest absolute Gasteiger partial charge is 0.309 e. The molecule has 5 heteroatoms. The van der Waals surface area contributed by atoms with Crippen LogP contribution in [0, 0.1) is 24.5 Å². The average molecular weight is 636 g/mol. The molecule has 0 saturated heterocycles. The highest BCUT2D eigenvalue weighted by molar-refractivity contribution is 6.12. The molecule has 5 nitrogen and oxygen atoms in total. The van der Waals surface area contributed by atoms with E-state index in [1.165, 1.54) is 0 Å². The van der Waals surface area contributed by atoms with Gasteiger partial charge in [0.05, 0.1) is 58.2 Å². The average Bonchev–Trinajstić information content (AvgIpc) is 3.69. The molecule has 230 valence electrons. The first kappa shape index (κ1) is 28.8. The van der Waals surface area contributed by atoms with E-state index in [1.54, 1.807) is 0 Å². The first-order chi connectivity index (χ1) is 24.7. The lowest BCUT2D eigenvalue weighted by atomic mass is 9.91. The summed E-state index contributed by atoms with van der Waals surface area (Å²) >= 11 is 0. The van der Waals surface area contributed by atoms with Crippen LogP contribution in [0.3, 0.4) is 0 Å². The number of aromatic nitrogens is 2. The first-order valence-electron chi connectivity index (χ1n) is 16.2. The Kier molecular flexibility index (Phi) is 6.56. The summed E-state index contributed by atoms with van der Waals surface area (Å²) in [5.41, 5.74) is 11.8. The minimum absolute atomic E-state index is 0.575. The number of para-hydroxylation sites is 3. The quantitative estimate of drug-likeness (QED) is 0.177.